The third-order valence-electron chi connectivity index (χ3n) is 7.21. The molecule has 2 bridgehead atoms. The molecule has 2 aromatic carbocycles. The molecule has 2 amide bonds. The van der Waals surface area contributed by atoms with Gasteiger partial charge >= 0.3 is 0 Å². The molecule has 0 spiro atoms. The number of halogens is 1. The van der Waals surface area contributed by atoms with Crippen LogP contribution in [0.15, 0.2) is 65.8 Å². The first-order chi connectivity index (χ1) is 15.1. The number of carbonyl (C=O) groups is 2. The van der Waals surface area contributed by atoms with Gasteiger partial charge in [-0.05, 0) is 48.3 Å². The number of carbonyl (C=O) groups excluding carboxylic acids is 2. The minimum absolute atomic E-state index is 0.162. The zero-order valence-corrected chi connectivity index (χ0v) is 17.5. The van der Waals surface area contributed by atoms with E-state index in [1.807, 2.05) is 48.5 Å². The number of rotatable bonds is 5. The second-order valence-electron chi connectivity index (χ2n) is 8.81. The monoisotopic (exact) mass is 432 g/mol. The molecule has 3 fully saturated rings. The maximum Gasteiger partial charge on any atom is 0.254 e. The first kappa shape index (κ1) is 18.8. The van der Waals surface area contributed by atoms with Gasteiger partial charge in [0.2, 0.25) is 0 Å². The zero-order valence-electron chi connectivity index (χ0n) is 16.7. The molecule has 1 aliphatic heterocycles. The number of benzene rings is 2. The second-order valence-corrected chi connectivity index (χ2v) is 9.21. The topological polar surface area (TPSA) is 59.0 Å². The third-order valence-corrected chi connectivity index (χ3v) is 7.58. The number of allylic oxidation sites excluding steroid dienone is 2. The summed E-state index contributed by atoms with van der Waals surface area (Å²) in [5.74, 6) is 1.37. The van der Waals surface area contributed by atoms with Gasteiger partial charge in [-0.1, -0.05) is 54.1 Å². The average molecular weight is 433 g/mol. The summed E-state index contributed by atoms with van der Waals surface area (Å²) in [5.41, 5.74) is 1.58. The number of imide groups is 1. The van der Waals surface area contributed by atoms with Gasteiger partial charge in [-0.15, -0.1) is 0 Å². The van der Waals surface area contributed by atoms with Crippen LogP contribution in [0.4, 0.5) is 0 Å². The Bertz CT molecular complexity index is 1110. The zero-order chi connectivity index (χ0) is 21.1. The van der Waals surface area contributed by atoms with Crippen molar-refractivity contribution in [2.24, 2.45) is 40.6 Å². The molecular formula is C25H21ClN2O3. The summed E-state index contributed by atoms with van der Waals surface area (Å²) in [6.07, 6.45) is 7.02. The Morgan fingerprint density at radius 1 is 0.968 bits per heavy atom. The Balaban J connectivity index is 1.22. The van der Waals surface area contributed by atoms with Crippen molar-refractivity contribution in [1.82, 2.24) is 5.01 Å². The molecule has 7 rings (SSSR count). The van der Waals surface area contributed by atoms with Gasteiger partial charge in [0.25, 0.3) is 11.8 Å². The Morgan fingerprint density at radius 3 is 2.32 bits per heavy atom. The molecule has 6 atom stereocenters. The quantitative estimate of drug-likeness (QED) is 0.402. The molecule has 1 heterocycles. The van der Waals surface area contributed by atoms with Crippen molar-refractivity contribution < 1.29 is 14.3 Å². The van der Waals surface area contributed by atoms with Crippen LogP contribution in [0.5, 0.6) is 5.75 Å². The van der Waals surface area contributed by atoms with Crippen LogP contribution in [0.1, 0.15) is 17.5 Å². The standard InChI is InChI=1S/C25H21ClN2O3/c26-20-7-3-1-6-15(20)13-31-21-8-4-2-5-14(21)12-27-28-24(29)22-16-9-10-17(19-11-18(16)19)23(22)25(28)30/h1-10,12,16-19,22-23H,11,13H2/b27-12+. The highest BCUT2D eigenvalue weighted by Crippen LogP contribution is 2.65. The van der Waals surface area contributed by atoms with E-state index in [1.165, 1.54) is 0 Å². The molecule has 2 aromatic rings. The van der Waals surface area contributed by atoms with Gasteiger partial charge in [-0.3, -0.25) is 9.59 Å². The largest absolute Gasteiger partial charge is 0.488 e. The van der Waals surface area contributed by atoms with Crippen LogP contribution < -0.4 is 4.74 Å². The summed E-state index contributed by atoms with van der Waals surface area (Å²) in [6, 6.07) is 14.9. The van der Waals surface area contributed by atoms with Crippen molar-refractivity contribution in [3.8, 4) is 5.75 Å². The number of para-hydroxylation sites is 1. The highest BCUT2D eigenvalue weighted by Gasteiger charge is 2.67. The normalized spacial score (nSPS) is 32.5. The molecule has 1 saturated heterocycles. The lowest BCUT2D eigenvalue weighted by Gasteiger charge is -2.37. The van der Waals surface area contributed by atoms with Crippen molar-refractivity contribution in [2.75, 3.05) is 0 Å². The predicted molar refractivity (Wildman–Crippen MR) is 116 cm³/mol. The smallest absolute Gasteiger partial charge is 0.254 e. The van der Waals surface area contributed by atoms with E-state index < -0.39 is 0 Å². The summed E-state index contributed by atoms with van der Waals surface area (Å²) >= 11 is 6.22. The molecule has 0 aromatic heterocycles. The van der Waals surface area contributed by atoms with Crippen LogP contribution in [0.3, 0.4) is 0 Å². The van der Waals surface area contributed by atoms with Gasteiger partial charge in [0, 0.05) is 16.1 Å². The fourth-order valence-electron chi connectivity index (χ4n) is 5.66. The van der Waals surface area contributed by atoms with Crippen LogP contribution in [0.2, 0.25) is 5.02 Å². The van der Waals surface area contributed by atoms with Gasteiger partial charge in [-0.25, -0.2) is 0 Å². The van der Waals surface area contributed by atoms with Gasteiger partial charge in [0.1, 0.15) is 12.4 Å². The van der Waals surface area contributed by atoms with Gasteiger partial charge in [0.05, 0.1) is 18.1 Å². The van der Waals surface area contributed by atoms with E-state index in [2.05, 4.69) is 17.3 Å². The van der Waals surface area contributed by atoms with Crippen molar-refractivity contribution in [3.63, 3.8) is 0 Å². The van der Waals surface area contributed by atoms with E-state index >= 15 is 0 Å². The number of hydrazone groups is 1. The number of amides is 2. The Morgan fingerprint density at radius 2 is 1.61 bits per heavy atom. The Hall–Kier alpha value is -2.92. The van der Waals surface area contributed by atoms with Crippen molar-refractivity contribution in [2.45, 2.75) is 13.0 Å². The second kappa shape index (κ2) is 7.06. The molecule has 0 N–H and O–H groups in total. The minimum Gasteiger partial charge on any atom is -0.488 e. The maximum atomic E-state index is 13.1. The summed E-state index contributed by atoms with van der Waals surface area (Å²) in [6.45, 7) is 0.314. The molecule has 0 radical (unpaired) electrons. The van der Waals surface area contributed by atoms with E-state index in [9.17, 15) is 9.59 Å². The van der Waals surface area contributed by atoms with Crippen molar-refractivity contribution in [3.05, 3.63) is 76.8 Å². The predicted octanol–water partition coefficient (Wildman–Crippen LogP) is 4.31. The first-order valence-electron chi connectivity index (χ1n) is 10.7. The first-order valence-corrected chi connectivity index (χ1v) is 11.1. The lowest BCUT2D eigenvalue weighted by Crippen LogP contribution is -2.40. The van der Waals surface area contributed by atoms with E-state index in [-0.39, 0.29) is 35.5 Å². The van der Waals surface area contributed by atoms with E-state index in [4.69, 9.17) is 16.3 Å². The highest BCUT2D eigenvalue weighted by molar-refractivity contribution is 6.31. The van der Waals surface area contributed by atoms with Crippen LogP contribution in [-0.4, -0.2) is 23.0 Å². The van der Waals surface area contributed by atoms with Crippen molar-refractivity contribution in [1.29, 1.82) is 0 Å². The Labute approximate surface area is 185 Å². The molecule has 2 saturated carbocycles. The fraction of sp³-hybridized carbons (Fsp3) is 0.320. The summed E-state index contributed by atoms with van der Waals surface area (Å²) in [7, 11) is 0. The number of ether oxygens (including phenoxy) is 1. The highest BCUT2D eigenvalue weighted by atomic mass is 35.5. The molecule has 156 valence electrons. The number of nitrogens with zero attached hydrogens (tertiary/aromatic N) is 2. The Kier molecular flexibility index (Phi) is 4.29. The van der Waals surface area contributed by atoms with E-state index in [0.717, 1.165) is 17.0 Å². The lowest BCUT2D eigenvalue weighted by molar-refractivity contribution is -0.140. The van der Waals surface area contributed by atoms with Gasteiger partial charge in [0.15, 0.2) is 0 Å². The van der Waals surface area contributed by atoms with E-state index in [0.29, 0.717) is 34.8 Å². The molecular weight excluding hydrogens is 412 g/mol. The maximum absolute atomic E-state index is 13.1. The summed E-state index contributed by atoms with van der Waals surface area (Å²) < 4.78 is 5.96. The molecule has 31 heavy (non-hydrogen) atoms. The fourth-order valence-corrected chi connectivity index (χ4v) is 5.85. The van der Waals surface area contributed by atoms with Crippen LogP contribution in [0, 0.1) is 35.5 Å². The number of hydrogen-bond acceptors (Lipinski definition) is 4. The van der Waals surface area contributed by atoms with Gasteiger partial charge < -0.3 is 4.74 Å². The lowest BCUT2D eigenvalue weighted by atomic mass is 9.63. The van der Waals surface area contributed by atoms with E-state index in [1.54, 1.807) is 6.21 Å². The molecule has 4 aliphatic carbocycles. The van der Waals surface area contributed by atoms with Crippen LogP contribution >= 0.6 is 11.6 Å². The number of hydrogen-bond donors (Lipinski definition) is 0. The molecule has 6 heteroatoms. The SMILES string of the molecule is O=C1C2C3C=CC(C4CC34)C2C(=O)N1/N=C/c1ccccc1OCc1ccccc1Cl. The molecule has 6 unspecified atom stereocenters. The summed E-state index contributed by atoms with van der Waals surface area (Å²) in [5, 5.41) is 6.06. The van der Waals surface area contributed by atoms with Crippen LogP contribution in [-0.2, 0) is 16.2 Å². The van der Waals surface area contributed by atoms with Gasteiger partial charge in [-0.2, -0.15) is 10.1 Å². The van der Waals surface area contributed by atoms with Crippen molar-refractivity contribution >= 4 is 29.6 Å². The average Bonchev–Trinajstić information content (AvgIpc) is 3.57. The minimum atomic E-state index is -0.241. The molecule has 5 nitrogen and oxygen atoms in total. The van der Waals surface area contributed by atoms with Crippen LogP contribution in [0.25, 0.3) is 0 Å². The summed E-state index contributed by atoms with van der Waals surface area (Å²) in [4.78, 5) is 26.1. The third kappa shape index (κ3) is 2.94. The molecule has 5 aliphatic rings.